The molecule has 0 heterocycles. The van der Waals surface area contributed by atoms with Crippen LogP contribution >= 0.6 is 0 Å². The van der Waals surface area contributed by atoms with E-state index in [0.717, 1.165) is 15.2 Å². The Bertz CT molecular complexity index is 132. The molecular formula is C8H16OSi2. The maximum absolute atomic E-state index is 9.38. The Kier molecular flexibility index (Phi) is 4.96. The van der Waals surface area contributed by atoms with Gasteiger partial charge in [-0.1, -0.05) is 11.2 Å². The van der Waals surface area contributed by atoms with E-state index in [4.69, 9.17) is 0 Å². The first-order valence-corrected chi connectivity index (χ1v) is 6.25. The summed E-state index contributed by atoms with van der Waals surface area (Å²) in [5, 5.41) is 8.92. The van der Waals surface area contributed by atoms with E-state index < -0.39 is 5.22 Å². The molecule has 0 spiro atoms. The molecule has 0 unspecified atom stereocenters. The van der Waals surface area contributed by atoms with E-state index in [1.807, 2.05) is 13.8 Å². The minimum atomic E-state index is -0.456. The molecule has 11 heavy (non-hydrogen) atoms. The molecule has 3 heteroatoms. The Morgan fingerprint density at radius 2 is 2.00 bits per heavy atom. The van der Waals surface area contributed by atoms with Gasteiger partial charge in [0.05, 0.1) is 19.0 Å². The second kappa shape index (κ2) is 4.90. The molecule has 0 saturated heterocycles. The van der Waals surface area contributed by atoms with Crippen LogP contribution in [0.15, 0.2) is 11.3 Å². The number of aliphatic hydroxyl groups is 1. The smallest absolute Gasteiger partial charge is 0.0780 e. The average molecular weight is 184 g/mol. The minimum absolute atomic E-state index is 0.456. The molecule has 4 radical (unpaired) electrons. The second-order valence-electron chi connectivity index (χ2n) is 3.34. The number of allylic oxidation sites excluding steroid dienone is 1. The van der Waals surface area contributed by atoms with Crippen LogP contribution in [0.3, 0.4) is 0 Å². The zero-order valence-electron chi connectivity index (χ0n) is 7.73. The first kappa shape index (κ1) is 11.1. The number of hydrogen-bond acceptors (Lipinski definition) is 1. The van der Waals surface area contributed by atoms with Gasteiger partial charge < -0.3 is 5.11 Å². The summed E-state index contributed by atoms with van der Waals surface area (Å²) in [6.45, 7) is 7.97. The number of hydrogen-bond donors (Lipinski definition) is 1. The van der Waals surface area contributed by atoms with Crippen LogP contribution in [0, 0.1) is 0 Å². The second-order valence-corrected chi connectivity index (χ2v) is 7.03. The van der Waals surface area contributed by atoms with Crippen LogP contribution in [0.2, 0.25) is 5.67 Å². The zero-order valence-corrected chi connectivity index (χ0v) is 9.73. The van der Waals surface area contributed by atoms with Crippen molar-refractivity contribution in [3.8, 4) is 0 Å². The summed E-state index contributed by atoms with van der Waals surface area (Å²) in [6.07, 6.45) is 0. The van der Waals surface area contributed by atoms with Gasteiger partial charge in [-0.05, 0) is 27.7 Å². The third-order valence-electron chi connectivity index (χ3n) is 1.01. The molecule has 0 aromatic rings. The normalized spacial score (nSPS) is 11.4. The Labute approximate surface area is 74.5 Å². The Morgan fingerprint density at radius 1 is 1.45 bits per heavy atom. The quantitative estimate of drug-likeness (QED) is 0.517. The third kappa shape index (κ3) is 10.1. The summed E-state index contributed by atoms with van der Waals surface area (Å²) in [7, 11) is 1.54. The van der Waals surface area contributed by atoms with Gasteiger partial charge in [-0.2, -0.15) is 0 Å². The maximum atomic E-state index is 9.38. The molecular weight excluding hydrogens is 168 g/mol. The van der Waals surface area contributed by atoms with Crippen molar-refractivity contribution in [2.75, 3.05) is 0 Å². The highest BCUT2D eigenvalue weighted by Gasteiger charge is 2.11. The van der Waals surface area contributed by atoms with Gasteiger partial charge >= 0.3 is 0 Å². The standard InChI is InChI=1S/C8H16OSi2/c1-7(2)5-10-6-11-8(3,4)9/h5,9H,6H2,1-4H3. The maximum Gasteiger partial charge on any atom is 0.0780 e. The lowest BCUT2D eigenvalue weighted by molar-refractivity contribution is 0.166. The third-order valence-corrected chi connectivity index (χ3v) is 4.18. The van der Waals surface area contributed by atoms with Gasteiger partial charge in [0, 0.05) is 5.22 Å². The Morgan fingerprint density at radius 3 is 2.36 bits per heavy atom. The molecule has 0 aromatic carbocycles. The lowest BCUT2D eigenvalue weighted by Gasteiger charge is -2.14. The molecule has 0 bridgehead atoms. The van der Waals surface area contributed by atoms with E-state index in [9.17, 15) is 5.11 Å². The van der Waals surface area contributed by atoms with E-state index in [0.29, 0.717) is 9.52 Å². The average Bonchev–Trinajstić information content (AvgIpc) is 1.78. The summed E-state index contributed by atoms with van der Waals surface area (Å²) >= 11 is 0. The molecule has 62 valence electrons. The monoisotopic (exact) mass is 184 g/mol. The molecule has 0 fully saturated rings. The summed E-state index contributed by atoms with van der Waals surface area (Å²) in [5.41, 5.74) is 4.76. The lowest BCUT2D eigenvalue weighted by atomic mass is 10.4. The Balaban J connectivity index is 3.36. The first-order valence-electron chi connectivity index (χ1n) is 3.76. The van der Waals surface area contributed by atoms with E-state index in [1.54, 1.807) is 0 Å². The first-order chi connectivity index (χ1) is 4.92. The predicted octanol–water partition coefficient (Wildman–Crippen LogP) is 1.42. The molecule has 0 aromatic heterocycles. The molecule has 0 aliphatic heterocycles. The number of rotatable bonds is 4. The highest BCUT2D eigenvalue weighted by molar-refractivity contribution is 6.60. The van der Waals surface area contributed by atoms with Crippen LogP contribution in [-0.4, -0.2) is 29.4 Å². The zero-order chi connectivity index (χ0) is 8.91. The van der Waals surface area contributed by atoms with E-state index in [-0.39, 0.29) is 0 Å². The highest BCUT2D eigenvalue weighted by atomic mass is 28.3. The van der Waals surface area contributed by atoms with Gasteiger partial charge in [0.2, 0.25) is 0 Å². The Hall–Kier alpha value is 0.134. The minimum Gasteiger partial charge on any atom is -0.395 e. The van der Waals surface area contributed by atoms with Crippen molar-refractivity contribution in [3.05, 3.63) is 11.3 Å². The molecule has 0 aliphatic carbocycles. The van der Waals surface area contributed by atoms with Crippen molar-refractivity contribution in [3.63, 3.8) is 0 Å². The molecule has 0 rings (SSSR count). The van der Waals surface area contributed by atoms with Crippen molar-refractivity contribution < 1.29 is 5.11 Å². The van der Waals surface area contributed by atoms with E-state index in [1.165, 1.54) is 5.57 Å². The van der Waals surface area contributed by atoms with Gasteiger partial charge in [-0.15, -0.1) is 5.70 Å². The summed E-state index contributed by atoms with van der Waals surface area (Å²) < 4.78 is 0. The van der Waals surface area contributed by atoms with Crippen molar-refractivity contribution in [1.29, 1.82) is 0 Å². The van der Waals surface area contributed by atoms with Crippen molar-refractivity contribution in [2.24, 2.45) is 0 Å². The largest absolute Gasteiger partial charge is 0.395 e. The fraction of sp³-hybridized carbons (Fsp3) is 0.750. The van der Waals surface area contributed by atoms with Gasteiger partial charge in [0.1, 0.15) is 0 Å². The molecule has 1 nitrogen and oxygen atoms in total. The fourth-order valence-electron chi connectivity index (χ4n) is 0.522. The van der Waals surface area contributed by atoms with Crippen LogP contribution in [0.25, 0.3) is 0 Å². The van der Waals surface area contributed by atoms with E-state index >= 15 is 0 Å². The SMILES string of the molecule is CC(C)=C[Si]C[Si]C(C)(C)O. The predicted molar refractivity (Wildman–Crippen MR) is 52.0 cm³/mol. The van der Waals surface area contributed by atoms with Crippen LogP contribution < -0.4 is 0 Å². The van der Waals surface area contributed by atoms with Gasteiger partial charge in [-0.25, -0.2) is 0 Å². The van der Waals surface area contributed by atoms with Crippen molar-refractivity contribution in [1.82, 2.24) is 0 Å². The fourth-order valence-corrected chi connectivity index (χ4v) is 3.48. The van der Waals surface area contributed by atoms with Crippen LogP contribution in [0.4, 0.5) is 0 Å². The van der Waals surface area contributed by atoms with Crippen LogP contribution in [-0.2, 0) is 0 Å². The van der Waals surface area contributed by atoms with Gasteiger partial charge in [0.25, 0.3) is 0 Å². The summed E-state index contributed by atoms with van der Waals surface area (Å²) in [4.78, 5) is 0. The molecule has 0 amide bonds. The van der Waals surface area contributed by atoms with Gasteiger partial charge in [-0.3, -0.25) is 0 Å². The molecule has 0 atom stereocenters. The van der Waals surface area contributed by atoms with Crippen molar-refractivity contribution in [2.45, 2.75) is 38.6 Å². The summed E-state index contributed by atoms with van der Waals surface area (Å²) in [6, 6.07) is 0. The van der Waals surface area contributed by atoms with Gasteiger partial charge in [0.15, 0.2) is 0 Å². The molecule has 0 saturated carbocycles. The highest BCUT2D eigenvalue weighted by Crippen LogP contribution is 2.00. The van der Waals surface area contributed by atoms with Crippen molar-refractivity contribution >= 4 is 19.0 Å². The summed E-state index contributed by atoms with van der Waals surface area (Å²) in [5.74, 6) is 0. The molecule has 0 aliphatic rings. The van der Waals surface area contributed by atoms with E-state index in [2.05, 4.69) is 19.5 Å². The lowest BCUT2D eigenvalue weighted by Crippen LogP contribution is -2.28. The topological polar surface area (TPSA) is 20.2 Å². The molecule has 1 N–H and O–H groups in total. The van der Waals surface area contributed by atoms with Crippen LogP contribution in [0.1, 0.15) is 27.7 Å². The van der Waals surface area contributed by atoms with Crippen LogP contribution in [0.5, 0.6) is 0 Å².